The van der Waals surface area contributed by atoms with Crippen LogP contribution >= 0.6 is 0 Å². The van der Waals surface area contributed by atoms with Crippen LogP contribution in [0.4, 0.5) is 13.2 Å². The maximum absolute atomic E-state index is 12.4. The molecule has 0 spiro atoms. The van der Waals surface area contributed by atoms with Crippen molar-refractivity contribution in [3.63, 3.8) is 0 Å². The molecule has 0 bridgehead atoms. The van der Waals surface area contributed by atoms with E-state index < -0.39 is 30.5 Å². The van der Waals surface area contributed by atoms with Crippen LogP contribution in [0.2, 0.25) is 0 Å². The summed E-state index contributed by atoms with van der Waals surface area (Å²) < 4.78 is 38.7. The number of hydrogen-bond donors (Lipinski definition) is 2. The van der Waals surface area contributed by atoms with Crippen molar-refractivity contribution < 1.29 is 27.9 Å². The first-order valence-corrected chi connectivity index (χ1v) is 7.02. The summed E-state index contributed by atoms with van der Waals surface area (Å²) in [5, 5.41) is 15.3. The molecule has 2 N–H and O–H groups in total. The number of rotatable bonds is 5. The second-order valence-corrected chi connectivity index (χ2v) is 5.50. The van der Waals surface area contributed by atoms with Gasteiger partial charge in [-0.05, 0) is 19.9 Å². The quantitative estimate of drug-likeness (QED) is 0.866. The van der Waals surface area contributed by atoms with Gasteiger partial charge in [0.15, 0.2) is 5.65 Å². The van der Waals surface area contributed by atoms with Gasteiger partial charge >= 0.3 is 12.1 Å². The van der Waals surface area contributed by atoms with E-state index in [1.807, 2.05) is 19.2 Å². The van der Waals surface area contributed by atoms with Crippen molar-refractivity contribution in [3.8, 4) is 0 Å². The third kappa shape index (κ3) is 4.00. The van der Waals surface area contributed by atoms with Crippen molar-refractivity contribution in [1.82, 2.24) is 20.1 Å². The zero-order chi connectivity index (χ0) is 18.1. The molecular formula is C14H15F3N4O3. The Bertz CT molecular complexity index is 770. The molecule has 2 aromatic heterocycles. The molecule has 0 radical (unpaired) electrons. The van der Waals surface area contributed by atoms with Gasteiger partial charge in [0.1, 0.15) is 6.04 Å². The lowest BCUT2D eigenvalue weighted by molar-refractivity contribution is -0.157. The van der Waals surface area contributed by atoms with Crippen LogP contribution in [0.25, 0.3) is 11.0 Å². The second-order valence-electron chi connectivity index (χ2n) is 5.50. The molecule has 1 unspecified atom stereocenters. The standard InChI is InChI=1S/C14H15F3N4O3/c1-7(2)21-11-8(6-19-21)3-9(5-18-11)12(22)20-10(13(23)24)4-14(15,16)17/h3,5-7,10H,4H2,1-2H3,(H,20,22)(H,23,24). The fourth-order valence-electron chi connectivity index (χ4n) is 2.12. The molecule has 7 nitrogen and oxygen atoms in total. The molecule has 1 amide bonds. The molecule has 0 aliphatic carbocycles. The summed E-state index contributed by atoms with van der Waals surface area (Å²) in [6.45, 7) is 3.78. The average molecular weight is 344 g/mol. The minimum atomic E-state index is -4.71. The molecule has 0 aliphatic heterocycles. The molecular weight excluding hydrogens is 329 g/mol. The van der Waals surface area contributed by atoms with E-state index in [-0.39, 0.29) is 11.6 Å². The molecule has 0 aliphatic rings. The lowest BCUT2D eigenvalue weighted by atomic mass is 10.1. The number of carboxylic acids is 1. The first-order chi connectivity index (χ1) is 11.1. The molecule has 10 heteroatoms. The fraction of sp³-hybridized carbons (Fsp3) is 0.429. The van der Waals surface area contributed by atoms with Crippen molar-refractivity contribution in [2.75, 3.05) is 0 Å². The third-order valence-electron chi connectivity index (χ3n) is 3.22. The smallest absolute Gasteiger partial charge is 0.391 e. The van der Waals surface area contributed by atoms with Gasteiger partial charge in [0.2, 0.25) is 0 Å². The summed E-state index contributed by atoms with van der Waals surface area (Å²) in [6.07, 6.45) is -3.72. The normalized spacial score (nSPS) is 13.2. The van der Waals surface area contributed by atoms with Crippen molar-refractivity contribution >= 4 is 22.9 Å². The van der Waals surface area contributed by atoms with Gasteiger partial charge in [-0.25, -0.2) is 14.5 Å². The van der Waals surface area contributed by atoms with E-state index in [9.17, 15) is 22.8 Å². The predicted octanol–water partition coefficient (Wildman–Crippen LogP) is 2.15. The number of carbonyl (C=O) groups is 2. The highest BCUT2D eigenvalue weighted by molar-refractivity contribution is 5.98. The second kappa shape index (κ2) is 6.46. The Morgan fingerprint density at radius 3 is 2.54 bits per heavy atom. The Balaban J connectivity index is 2.22. The average Bonchev–Trinajstić information content (AvgIpc) is 2.87. The Morgan fingerprint density at radius 2 is 2.00 bits per heavy atom. The maximum Gasteiger partial charge on any atom is 0.391 e. The zero-order valence-electron chi connectivity index (χ0n) is 12.8. The van der Waals surface area contributed by atoms with Gasteiger partial charge in [-0.1, -0.05) is 0 Å². The number of carbonyl (C=O) groups excluding carboxylic acids is 1. The van der Waals surface area contributed by atoms with Crippen LogP contribution in [0.3, 0.4) is 0 Å². The number of aromatic nitrogens is 3. The van der Waals surface area contributed by atoms with Crippen molar-refractivity contribution in [2.45, 2.75) is 38.5 Å². The van der Waals surface area contributed by atoms with Gasteiger partial charge in [-0.2, -0.15) is 18.3 Å². The first-order valence-electron chi connectivity index (χ1n) is 7.02. The number of carboxylic acid groups (broad SMARTS) is 1. The summed E-state index contributed by atoms with van der Waals surface area (Å²) in [6, 6.07) is -0.625. The van der Waals surface area contributed by atoms with Crippen LogP contribution in [-0.4, -0.2) is 44.0 Å². The van der Waals surface area contributed by atoms with E-state index in [2.05, 4.69) is 10.1 Å². The number of amides is 1. The predicted molar refractivity (Wildman–Crippen MR) is 77.5 cm³/mol. The molecule has 24 heavy (non-hydrogen) atoms. The number of alkyl halides is 3. The van der Waals surface area contributed by atoms with Crippen LogP contribution in [0.15, 0.2) is 18.5 Å². The number of nitrogens with one attached hydrogen (secondary N) is 1. The Hall–Kier alpha value is -2.65. The van der Waals surface area contributed by atoms with E-state index in [1.54, 1.807) is 4.68 Å². The third-order valence-corrected chi connectivity index (χ3v) is 3.22. The van der Waals surface area contributed by atoms with Gasteiger partial charge in [-0.3, -0.25) is 4.79 Å². The molecule has 2 rings (SSSR count). The highest BCUT2D eigenvalue weighted by Gasteiger charge is 2.36. The summed E-state index contributed by atoms with van der Waals surface area (Å²) in [4.78, 5) is 27.0. The Labute approximate surface area is 134 Å². The number of fused-ring (bicyclic) bond motifs is 1. The van der Waals surface area contributed by atoms with E-state index in [0.717, 1.165) is 0 Å². The minimum absolute atomic E-state index is 0.0397. The topological polar surface area (TPSA) is 97.1 Å². The number of aliphatic carboxylic acids is 1. The van der Waals surface area contributed by atoms with Gasteiger partial charge in [0.05, 0.1) is 18.2 Å². The SMILES string of the molecule is CC(C)n1ncc2cc(C(=O)NC(CC(F)(F)F)C(=O)O)cnc21. The first kappa shape index (κ1) is 17.7. The van der Waals surface area contributed by atoms with Crippen molar-refractivity contribution in [1.29, 1.82) is 0 Å². The molecule has 0 saturated heterocycles. The lowest BCUT2D eigenvalue weighted by Crippen LogP contribution is -2.43. The summed E-state index contributed by atoms with van der Waals surface area (Å²) in [7, 11) is 0. The van der Waals surface area contributed by atoms with E-state index >= 15 is 0 Å². The number of nitrogens with zero attached hydrogens (tertiary/aromatic N) is 3. The van der Waals surface area contributed by atoms with Gasteiger partial charge in [-0.15, -0.1) is 0 Å². The van der Waals surface area contributed by atoms with E-state index in [1.165, 1.54) is 18.5 Å². The molecule has 2 aromatic rings. The molecule has 2 heterocycles. The monoisotopic (exact) mass is 344 g/mol. The van der Waals surface area contributed by atoms with E-state index in [4.69, 9.17) is 5.11 Å². The van der Waals surface area contributed by atoms with E-state index in [0.29, 0.717) is 11.0 Å². The number of pyridine rings is 1. The summed E-state index contributed by atoms with van der Waals surface area (Å²) >= 11 is 0. The fourth-order valence-corrected chi connectivity index (χ4v) is 2.12. The highest BCUT2D eigenvalue weighted by Crippen LogP contribution is 2.22. The maximum atomic E-state index is 12.4. The molecule has 1 atom stereocenters. The summed E-state index contributed by atoms with van der Waals surface area (Å²) in [5.41, 5.74) is 0.478. The highest BCUT2D eigenvalue weighted by atomic mass is 19.4. The van der Waals surface area contributed by atoms with Crippen LogP contribution in [0.5, 0.6) is 0 Å². The van der Waals surface area contributed by atoms with Crippen molar-refractivity contribution in [2.24, 2.45) is 0 Å². The zero-order valence-corrected chi connectivity index (χ0v) is 12.8. The van der Waals surface area contributed by atoms with Crippen LogP contribution in [0, 0.1) is 0 Å². The molecule has 0 aromatic carbocycles. The summed E-state index contributed by atoms with van der Waals surface area (Å²) in [5.74, 6) is -2.71. The lowest BCUT2D eigenvalue weighted by Gasteiger charge is -2.16. The van der Waals surface area contributed by atoms with Crippen LogP contribution < -0.4 is 5.32 Å². The van der Waals surface area contributed by atoms with Crippen LogP contribution in [0.1, 0.15) is 36.7 Å². The van der Waals surface area contributed by atoms with Crippen molar-refractivity contribution in [3.05, 3.63) is 24.0 Å². The van der Waals surface area contributed by atoms with Crippen LogP contribution in [-0.2, 0) is 4.79 Å². The van der Waals surface area contributed by atoms with Gasteiger partial charge in [0.25, 0.3) is 5.91 Å². The molecule has 130 valence electrons. The Kier molecular flexibility index (Phi) is 4.76. The minimum Gasteiger partial charge on any atom is -0.480 e. The largest absolute Gasteiger partial charge is 0.480 e. The number of halogens is 3. The van der Waals surface area contributed by atoms with Gasteiger partial charge < -0.3 is 10.4 Å². The number of hydrogen-bond acceptors (Lipinski definition) is 4. The molecule has 0 fully saturated rings. The van der Waals surface area contributed by atoms with Gasteiger partial charge in [0, 0.05) is 17.6 Å². The molecule has 0 saturated carbocycles. The Morgan fingerprint density at radius 1 is 1.33 bits per heavy atom.